The Morgan fingerprint density at radius 3 is 2.72 bits per heavy atom. The number of rotatable bonds is 7. The monoisotopic (exact) mass is 340 g/mol. The highest BCUT2D eigenvalue weighted by Gasteiger charge is 2.15. The van der Waals surface area contributed by atoms with Gasteiger partial charge in [-0.25, -0.2) is 4.98 Å². The molecular weight excluding hydrogens is 316 g/mol. The van der Waals surface area contributed by atoms with E-state index in [4.69, 9.17) is 9.47 Å². The van der Waals surface area contributed by atoms with E-state index in [-0.39, 0.29) is 6.61 Å². The predicted octanol–water partition coefficient (Wildman–Crippen LogP) is 3.24. The van der Waals surface area contributed by atoms with Crippen molar-refractivity contribution in [2.24, 2.45) is 0 Å². The fourth-order valence-corrected chi connectivity index (χ4v) is 2.98. The van der Waals surface area contributed by atoms with Gasteiger partial charge >= 0.3 is 0 Å². The number of aliphatic hydroxyl groups excluding tert-OH is 1. The van der Waals surface area contributed by atoms with Crippen LogP contribution in [0, 0.1) is 13.8 Å². The van der Waals surface area contributed by atoms with Gasteiger partial charge in [0.15, 0.2) is 0 Å². The van der Waals surface area contributed by atoms with E-state index in [0.29, 0.717) is 13.2 Å². The van der Waals surface area contributed by atoms with Crippen molar-refractivity contribution in [1.82, 2.24) is 9.55 Å². The van der Waals surface area contributed by atoms with Gasteiger partial charge in [0, 0.05) is 7.11 Å². The molecule has 0 bridgehead atoms. The molecule has 5 nitrogen and oxygen atoms in total. The number of hydrogen-bond acceptors (Lipinski definition) is 4. The quantitative estimate of drug-likeness (QED) is 0.717. The Bertz CT molecular complexity index is 857. The maximum Gasteiger partial charge on any atom is 0.136 e. The van der Waals surface area contributed by atoms with Gasteiger partial charge in [-0.3, -0.25) is 0 Å². The van der Waals surface area contributed by atoms with E-state index in [0.717, 1.165) is 28.2 Å². The molecule has 132 valence electrons. The smallest absolute Gasteiger partial charge is 0.136 e. The van der Waals surface area contributed by atoms with Crippen LogP contribution < -0.4 is 4.74 Å². The Kier molecular flexibility index (Phi) is 5.36. The summed E-state index contributed by atoms with van der Waals surface area (Å²) in [4.78, 5) is 4.58. The average Bonchev–Trinajstić information content (AvgIpc) is 2.92. The van der Waals surface area contributed by atoms with E-state index in [9.17, 15) is 5.11 Å². The van der Waals surface area contributed by atoms with E-state index in [2.05, 4.69) is 11.1 Å². The number of fused-ring (bicyclic) bond motifs is 1. The number of nitrogens with zero attached hydrogens (tertiary/aromatic N) is 2. The molecule has 3 aromatic rings. The topological polar surface area (TPSA) is 56.5 Å². The molecule has 1 atom stereocenters. The number of ether oxygens (including phenoxy) is 2. The molecule has 1 heterocycles. The molecule has 1 N–H and O–H groups in total. The first-order valence-electron chi connectivity index (χ1n) is 8.39. The molecule has 0 aliphatic rings. The molecule has 25 heavy (non-hydrogen) atoms. The first kappa shape index (κ1) is 17.5. The Labute approximate surface area is 147 Å². The van der Waals surface area contributed by atoms with Gasteiger partial charge in [-0.2, -0.15) is 0 Å². The summed E-state index contributed by atoms with van der Waals surface area (Å²) < 4.78 is 13.0. The van der Waals surface area contributed by atoms with Gasteiger partial charge in [0.05, 0.1) is 17.6 Å². The Morgan fingerprint density at radius 1 is 1.16 bits per heavy atom. The number of methoxy groups -OCH3 is 1. The van der Waals surface area contributed by atoms with E-state index in [1.807, 2.05) is 54.8 Å². The van der Waals surface area contributed by atoms with Crippen LogP contribution in [0.3, 0.4) is 0 Å². The average molecular weight is 340 g/mol. The number of aromatic nitrogens is 2. The molecule has 0 spiro atoms. The maximum absolute atomic E-state index is 10.5. The van der Waals surface area contributed by atoms with Gasteiger partial charge in [0.2, 0.25) is 0 Å². The Morgan fingerprint density at radius 2 is 1.96 bits per heavy atom. The number of aryl methyl sites for hydroxylation is 2. The molecule has 1 aromatic heterocycles. The van der Waals surface area contributed by atoms with Gasteiger partial charge in [-0.05, 0) is 37.6 Å². The zero-order chi connectivity index (χ0) is 17.8. The van der Waals surface area contributed by atoms with Crippen LogP contribution in [-0.2, 0) is 17.9 Å². The van der Waals surface area contributed by atoms with Crippen LogP contribution in [0.2, 0.25) is 0 Å². The van der Waals surface area contributed by atoms with Gasteiger partial charge in [-0.15, -0.1) is 0 Å². The third-order valence-electron chi connectivity index (χ3n) is 4.16. The molecule has 0 saturated heterocycles. The summed E-state index contributed by atoms with van der Waals surface area (Å²) >= 11 is 0. The molecule has 3 rings (SSSR count). The zero-order valence-corrected chi connectivity index (χ0v) is 14.9. The Balaban J connectivity index is 1.73. The second-order valence-electron chi connectivity index (χ2n) is 6.29. The Hall–Kier alpha value is -2.37. The number of aliphatic hydroxyl groups is 1. The van der Waals surface area contributed by atoms with Crippen LogP contribution in [0.25, 0.3) is 11.0 Å². The molecule has 5 heteroatoms. The molecule has 0 radical (unpaired) electrons. The molecular formula is C20H24N2O3. The summed E-state index contributed by atoms with van der Waals surface area (Å²) in [6.45, 7) is 5.09. The summed E-state index contributed by atoms with van der Waals surface area (Å²) in [7, 11) is 1.64. The second-order valence-corrected chi connectivity index (χ2v) is 6.29. The zero-order valence-electron chi connectivity index (χ0n) is 14.9. The van der Waals surface area contributed by atoms with Gasteiger partial charge in [-0.1, -0.05) is 29.8 Å². The van der Waals surface area contributed by atoms with Crippen LogP contribution in [0.1, 0.15) is 17.0 Å². The number of benzene rings is 2. The normalized spacial score (nSPS) is 12.5. The molecule has 0 aliphatic carbocycles. The van der Waals surface area contributed by atoms with Crippen molar-refractivity contribution in [3.8, 4) is 5.75 Å². The minimum absolute atomic E-state index is 0.225. The summed E-state index contributed by atoms with van der Waals surface area (Å²) in [6, 6.07) is 13.9. The number of imidazole rings is 1. The van der Waals surface area contributed by atoms with Crippen LogP contribution in [0.5, 0.6) is 5.75 Å². The van der Waals surface area contributed by atoms with E-state index < -0.39 is 6.10 Å². The molecule has 0 aliphatic heterocycles. The molecule has 0 fully saturated rings. The van der Waals surface area contributed by atoms with Crippen molar-refractivity contribution in [3.63, 3.8) is 0 Å². The molecule has 0 unspecified atom stereocenters. The third kappa shape index (κ3) is 4.00. The van der Waals surface area contributed by atoms with Crippen molar-refractivity contribution in [2.75, 3.05) is 13.7 Å². The fraction of sp³-hybridized carbons (Fsp3) is 0.350. The largest absolute Gasteiger partial charge is 0.491 e. The van der Waals surface area contributed by atoms with Gasteiger partial charge < -0.3 is 19.1 Å². The second kappa shape index (κ2) is 7.68. The van der Waals surface area contributed by atoms with E-state index >= 15 is 0 Å². The lowest BCUT2D eigenvalue weighted by Gasteiger charge is -2.16. The van der Waals surface area contributed by atoms with Crippen molar-refractivity contribution in [2.45, 2.75) is 33.1 Å². The summed E-state index contributed by atoms with van der Waals surface area (Å²) in [5.41, 5.74) is 4.15. The summed E-state index contributed by atoms with van der Waals surface area (Å²) in [5.74, 6) is 1.60. The van der Waals surface area contributed by atoms with E-state index in [1.165, 1.54) is 5.56 Å². The lowest BCUT2D eigenvalue weighted by molar-refractivity contribution is 0.0898. The minimum atomic E-state index is -0.645. The van der Waals surface area contributed by atoms with Gasteiger partial charge in [0.1, 0.15) is 30.9 Å². The summed E-state index contributed by atoms with van der Waals surface area (Å²) in [6.07, 6.45) is -0.645. The first-order chi connectivity index (χ1) is 12.1. The number of para-hydroxylation sites is 2. The van der Waals surface area contributed by atoms with Crippen molar-refractivity contribution < 1.29 is 14.6 Å². The van der Waals surface area contributed by atoms with Crippen molar-refractivity contribution >= 4 is 11.0 Å². The molecule has 2 aromatic carbocycles. The third-order valence-corrected chi connectivity index (χ3v) is 4.16. The lowest BCUT2D eigenvalue weighted by Crippen LogP contribution is -2.25. The highest BCUT2D eigenvalue weighted by atomic mass is 16.5. The van der Waals surface area contributed by atoms with E-state index in [1.54, 1.807) is 7.11 Å². The first-order valence-corrected chi connectivity index (χ1v) is 8.39. The molecule has 0 saturated carbocycles. The van der Waals surface area contributed by atoms with Gasteiger partial charge in [0.25, 0.3) is 0 Å². The highest BCUT2D eigenvalue weighted by molar-refractivity contribution is 5.75. The maximum atomic E-state index is 10.5. The predicted molar refractivity (Wildman–Crippen MR) is 97.9 cm³/mol. The fourth-order valence-electron chi connectivity index (χ4n) is 2.98. The summed E-state index contributed by atoms with van der Waals surface area (Å²) in [5, 5.41) is 10.5. The minimum Gasteiger partial charge on any atom is -0.491 e. The van der Waals surface area contributed by atoms with Crippen LogP contribution in [0.15, 0.2) is 42.5 Å². The SMILES string of the molecule is COCc1nc2ccccc2n1C[C@@H](O)COc1ccc(C)cc1C. The van der Waals surface area contributed by atoms with Crippen LogP contribution in [0.4, 0.5) is 0 Å². The van der Waals surface area contributed by atoms with Crippen LogP contribution in [-0.4, -0.2) is 34.5 Å². The lowest BCUT2D eigenvalue weighted by atomic mass is 10.1. The van der Waals surface area contributed by atoms with Crippen molar-refractivity contribution in [1.29, 1.82) is 0 Å². The standard InChI is InChI=1S/C20H24N2O3/c1-14-8-9-19(15(2)10-14)25-12-16(23)11-22-18-7-5-4-6-17(18)21-20(22)13-24-3/h4-10,16,23H,11-13H2,1-3H3/t16-/m1/s1. The molecule has 0 amide bonds. The number of hydrogen-bond donors (Lipinski definition) is 1. The van der Waals surface area contributed by atoms with Crippen molar-refractivity contribution in [3.05, 3.63) is 59.4 Å². The highest BCUT2D eigenvalue weighted by Crippen LogP contribution is 2.20. The van der Waals surface area contributed by atoms with Crippen LogP contribution >= 0.6 is 0 Å².